The lowest BCUT2D eigenvalue weighted by atomic mass is 10.1. The fourth-order valence-electron chi connectivity index (χ4n) is 2.41. The maximum absolute atomic E-state index is 13.5. The van der Waals surface area contributed by atoms with Crippen LogP contribution >= 0.6 is 0 Å². The van der Waals surface area contributed by atoms with Gasteiger partial charge in [0.1, 0.15) is 5.82 Å². The van der Waals surface area contributed by atoms with E-state index in [0.717, 1.165) is 29.4 Å². The second kappa shape index (κ2) is 8.78. The summed E-state index contributed by atoms with van der Waals surface area (Å²) >= 11 is 0. The number of benzene rings is 2. The maximum Gasteiger partial charge on any atom is 0.151 e. The normalized spacial score (nSPS) is 10.7. The Bertz CT molecular complexity index is 796. The van der Waals surface area contributed by atoms with Crippen molar-refractivity contribution in [1.82, 2.24) is 0 Å². The molecule has 2 rings (SSSR count). The Labute approximate surface area is 146 Å². The molecule has 1 N–H and O–H groups in total. The SMILES string of the molecule is CCN(CCC#N)c1ccc(/C=N\Nc2ccc(F)cc2F)c(C)c1. The first-order valence-electron chi connectivity index (χ1n) is 8.01. The molecule has 130 valence electrons. The molecule has 25 heavy (non-hydrogen) atoms. The van der Waals surface area contributed by atoms with Crippen LogP contribution in [0, 0.1) is 29.9 Å². The quantitative estimate of drug-likeness (QED) is 0.597. The van der Waals surface area contributed by atoms with Gasteiger partial charge < -0.3 is 4.90 Å². The van der Waals surface area contributed by atoms with E-state index >= 15 is 0 Å². The van der Waals surface area contributed by atoms with Crippen LogP contribution in [0.15, 0.2) is 41.5 Å². The van der Waals surface area contributed by atoms with Crippen LogP contribution in [0.2, 0.25) is 0 Å². The second-order valence-corrected chi connectivity index (χ2v) is 5.52. The van der Waals surface area contributed by atoms with Crippen molar-refractivity contribution in [1.29, 1.82) is 5.26 Å². The minimum absolute atomic E-state index is 0.112. The summed E-state index contributed by atoms with van der Waals surface area (Å²) in [7, 11) is 0. The summed E-state index contributed by atoms with van der Waals surface area (Å²) in [5, 5.41) is 12.7. The van der Waals surface area contributed by atoms with Gasteiger partial charge in [-0.2, -0.15) is 10.4 Å². The average Bonchev–Trinajstić information content (AvgIpc) is 2.59. The smallest absolute Gasteiger partial charge is 0.151 e. The van der Waals surface area contributed by atoms with Crippen LogP contribution in [0.4, 0.5) is 20.2 Å². The summed E-state index contributed by atoms with van der Waals surface area (Å²) < 4.78 is 26.4. The fourth-order valence-corrected chi connectivity index (χ4v) is 2.41. The number of anilines is 2. The third kappa shape index (κ3) is 5.01. The van der Waals surface area contributed by atoms with Crippen molar-refractivity contribution < 1.29 is 8.78 Å². The van der Waals surface area contributed by atoms with Crippen molar-refractivity contribution >= 4 is 17.6 Å². The van der Waals surface area contributed by atoms with E-state index in [1.165, 1.54) is 12.1 Å². The van der Waals surface area contributed by atoms with Crippen LogP contribution in [0.5, 0.6) is 0 Å². The lowest BCUT2D eigenvalue weighted by molar-refractivity contribution is 0.585. The molecule has 2 aromatic carbocycles. The lowest BCUT2D eigenvalue weighted by Gasteiger charge is -2.22. The molecule has 0 unspecified atom stereocenters. The third-order valence-corrected chi connectivity index (χ3v) is 3.81. The molecular formula is C19H20F2N4. The van der Waals surface area contributed by atoms with E-state index in [-0.39, 0.29) is 5.69 Å². The van der Waals surface area contributed by atoms with Gasteiger partial charge in [0.25, 0.3) is 0 Å². The van der Waals surface area contributed by atoms with Crippen LogP contribution in [-0.2, 0) is 0 Å². The monoisotopic (exact) mass is 342 g/mol. The van der Waals surface area contributed by atoms with Crippen molar-refractivity contribution in [3.8, 4) is 6.07 Å². The predicted molar refractivity (Wildman–Crippen MR) is 96.9 cm³/mol. The van der Waals surface area contributed by atoms with Crippen molar-refractivity contribution in [2.75, 3.05) is 23.4 Å². The Hall–Kier alpha value is -2.94. The standard InChI is InChI=1S/C19H20F2N4/c1-3-25(10-4-9-22)17-7-5-15(14(2)11-17)13-23-24-19-8-6-16(20)12-18(19)21/h5-8,11-13,24H,3-4,10H2,1-2H3/b23-13-. The second-order valence-electron chi connectivity index (χ2n) is 5.52. The van der Waals surface area contributed by atoms with E-state index in [1.54, 1.807) is 6.21 Å². The fraction of sp³-hybridized carbons (Fsp3) is 0.263. The molecule has 0 saturated heterocycles. The summed E-state index contributed by atoms with van der Waals surface area (Å²) in [4.78, 5) is 2.13. The molecule has 0 aliphatic carbocycles. The molecule has 0 aromatic heterocycles. The van der Waals surface area contributed by atoms with Crippen molar-refractivity contribution in [2.24, 2.45) is 5.10 Å². The summed E-state index contributed by atoms with van der Waals surface area (Å²) in [6.07, 6.45) is 2.07. The molecule has 0 atom stereocenters. The number of nitrogens with zero attached hydrogens (tertiary/aromatic N) is 3. The molecular weight excluding hydrogens is 322 g/mol. The number of halogens is 2. The predicted octanol–water partition coefficient (Wildman–Crippen LogP) is 4.46. The molecule has 0 saturated carbocycles. The first-order chi connectivity index (χ1) is 12.0. The zero-order valence-electron chi connectivity index (χ0n) is 14.3. The number of hydrogen-bond donors (Lipinski definition) is 1. The molecule has 0 spiro atoms. The zero-order chi connectivity index (χ0) is 18.2. The van der Waals surface area contributed by atoms with E-state index < -0.39 is 11.6 Å². The summed E-state index contributed by atoms with van der Waals surface area (Å²) in [5.41, 5.74) is 5.63. The number of aryl methyl sites for hydroxylation is 1. The van der Waals surface area contributed by atoms with E-state index in [4.69, 9.17) is 5.26 Å². The molecule has 0 aliphatic heterocycles. The summed E-state index contributed by atoms with van der Waals surface area (Å²) in [6, 6.07) is 11.3. The minimum atomic E-state index is -0.694. The van der Waals surface area contributed by atoms with E-state index in [1.807, 2.05) is 32.0 Å². The van der Waals surface area contributed by atoms with Crippen molar-refractivity contribution in [3.63, 3.8) is 0 Å². The largest absolute Gasteiger partial charge is 0.371 e. The number of nitriles is 1. The van der Waals surface area contributed by atoms with Crippen molar-refractivity contribution in [2.45, 2.75) is 20.3 Å². The summed E-state index contributed by atoms with van der Waals surface area (Å²) in [6.45, 7) is 5.51. The first kappa shape index (κ1) is 18.4. The van der Waals surface area contributed by atoms with Gasteiger partial charge in [-0.05, 0) is 49.2 Å². The van der Waals surface area contributed by atoms with Gasteiger partial charge in [0.05, 0.1) is 24.4 Å². The topological polar surface area (TPSA) is 51.4 Å². The highest BCUT2D eigenvalue weighted by Crippen LogP contribution is 2.19. The molecule has 0 aliphatic rings. The molecule has 0 amide bonds. The average molecular weight is 342 g/mol. The highest BCUT2D eigenvalue weighted by atomic mass is 19.1. The van der Waals surface area contributed by atoms with Gasteiger partial charge in [-0.3, -0.25) is 5.43 Å². The van der Waals surface area contributed by atoms with E-state index in [0.29, 0.717) is 13.0 Å². The van der Waals surface area contributed by atoms with E-state index in [9.17, 15) is 8.78 Å². The Kier molecular flexibility index (Phi) is 6.47. The van der Waals surface area contributed by atoms with Gasteiger partial charge in [0, 0.05) is 24.8 Å². The zero-order valence-corrected chi connectivity index (χ0v) is 14.3. The van der Waals surface area contributed by atoms with Gasteiger partial charge in [-0.15, -0.1) is 0 Å². The molecule has 0 radical (unpaired) electrons. The Morgan fingerprint density at radius 3 is 2.68 bits per heavy atom. The van der Waals surface area contributed by atoms with Gasteiger partial charge >= 0.3 is 0 Å². The van der Waals surface area contributed by atoms with Crippen LogP contribution in [0.25, 0.3) is 0 Å². The lowest BCUT2D eigenvalue weighted by Crippen LogP contribution is -2.23. The highest BCUT2D eigenvalue weighted by Gasteiger charge is 2.06. The van der Waals surface area contributed by atoms with Gasteiger partial charge in [-0.25, -0.2) is 8.78 Å². The first-order valence-corrected chi connectivity index (χ1v) is 8.01. The Balaban J connectivity index is 2.08. The molecule has 4 nitrogen and oxygen atoms in total. The number of nitrogens with one attached hydrogen (secondary N) is 1. The molecule has 6 heteroatoms. The number of rotatable bonds is 7. The van der Waals surface area contributed by atoms with Gasteiger partial charge in [-0.1, -0.05) is 6.07 Å². The van der Waals surface area contributed by atoms with Gasteiger partial charge in [0.15, 0.2) is 5.82 Å². The Morgan fingerprint density at radius 2 is 2.04 bits per heavy atom. The Morgan fingerprint density at radius 1 is 1.24 bits per heavy atom. The van der Waals surface area contributed by atoms with Gasteiger partial charge in [0.2, 0.25) is 0 Å². The van der Waals surface area contributed by atoms with Crippen LogP contribution in [0.1, 0.15) is 24.5 Å². The number of hydrogen-bond acceptors (Lipinski definition) is 4. The molecule has 0 bridgehead atoms. The summed E-state index contributed by atoms with van der Waals surface area (Å²) in [5.74, 6) is -1.32. The van der Waals surface area contributed by atoms with Crippen LogP contribution in [0.3, 0.4) is 0 Å². The molecule has 0 heterocycles. The molecule has 0 fully saturated rings. The minimum Gasteiger partial charge on any atom is -0.371 e. The maximum atomic E-state index is 13.5. The van der Waals surface area contributed by atoms with Crippen molar-refractivity contribution in [3.05, 3.63) is 59.2 Å². The highest BCUT2D eigenvalue weighted by molar-refractivity contribution is 5.83. The van der Waals surface area contributed by atoms with E-state index in [2.05, 4.69) is 21.5 Å². The van der Waals surface area contributed by atoms with Crippen LogP contribution < -0.4 is 10.3 Å². The van der Waals surface area contributed by atoms with Crippen LogP contribution in [-0.4, -0.2) is 19.3 Å². The molecule has 2 aromatic rings. The number of hydrazone groups is 1. The third-order valence-electron chi connectivity index (χ3n) is 3.81.